The van der Waals surface area contributed by atoms with Crippen molar-refractivity contribution < 1.29 is 9.90 Å². The average molecular weight is 419 g/mol. The zero-order chi connectivity index (χ0) is 17.8. The number of benzene rings is 2. The molecule has 0 saturated carbocycles. The molecule has 1 amide bonds. The molecule has 3 rings (SSSR count). The van der Waals surface area contributed by atoms with Gasteiger partial charge in [-0.05, 0) is 42.8 Å². The van der Waals surface area contributed by atoms with Crippen LogP contribution in [0.15, 0.2) is 52.1 Å². The number of aryl methyl sites for hydroxylation is 1. The topological polar surface area (TPSA) is 90.9 Å². The molecule has 0 fully saturated rings. The second-order valence-corrected chi connectivity index (χ2v) is 7.19. The minimum Gasteiger partial charge on any atom is -0.507 e. The predicted molar refractivity (Wildman–Crippen MR) is 102 cm³/mol. The summed E-state index contributed by atoms with van der Waals surface area (Å²) in [6, 6.07) is 12.7. The van der Waals surface area contributed by atoms with Gasteiger partial charge in [-0.3, -0.25) is 9.89 Å². The Balaban J connectivity index is 1.62. The number of phenols is 1. The third kappa shape index (κ3) is 4.61. The Kier molecular flexibility index (Phi) is 5.40. The van der Waals surface area contributed by atoms with E-state index in [0.717, 1.165) is 15.7 Å². The summed E-state index contributed by atoms with van der Waals surface area (Å²) in [7, 11) is 0. The number of aromatic amines is 1. The molecule has 2 aromatic carbocycles. The van der Waals surface area contributed by atoms with Crippen LogP contribution >= 0.6 is 27.7 Å². The number of hydrogen-bond acceptors (Lipinski definition) is 5. The number of carbonyl (C=O) groups is 1. The van der Waals surface area contributed by atoms with E-state index in [1.807, 2.05) is 31.2 Å². The van der Waals surface area contributed by atoms with Crippen molar-refractivity contribution in [1.82, 2.24) is 15.2 Å². The quantitative estimate of drug-likeness (QED) is 0.545. The number of aromatic hydroxyl groups is 1. The molecule has 0 aliphatic carbocycles. The summed E-state index contributed by atoms with van der Waals surface area (Å²) in [5.41, 5.74) is 2.39. The fraction of sp³-hybridized carbons (Fsp3) is 0.118. The summed E-state index contributed by atoms with van der Waals surface area (Å²) in [5.74, 6) is 0.608. The Bertz CT molecular complexity index is 913. The van der Waals surface area contributed by atoms with Crippen LogP contribution in [0.1, 0.15) is 5.56 Å². The van der Waals surface area contributed by atoms with Gasteiger partial charge in [-0.25, -0.2) is 4.98 Å². The third-order valence-corrected chi connectivity index (χ3v) is 4.65. The minimum absolute atomic E-state index is 0.105. The lowest BCUT2D eigenvalue weighted by molar-refractivity contribution is -0.113. The normalized spacial score (nSPS) is 10.6. The maximum absolute atomic E-state index is 12.0. The molecular weight excluding hydrogens is 404 g/mol. The lowest BCUT2D eigenvalue weighted by Gasteiger charge is -2.04. The lowest BCUT2D eigenvalue weighted by atomic mass is 10.2. The number of aromatic nitrogens is 3. The number of thioether (sulfide) groups is 1. The van der Waals surface area contributed by atoms with Gasteiger partial charge in [0, 0.05) is 10.2 Å². The highest BCUT2D eigenvalue weighted by Gasteiger charge is 2.12. The molecule has 0 saturated heterocycles. The smallest absolute Gasteiger partial charge is 0.234 e. The van der Waals surface area contributed by atoms with Crippen molar-refractivity contribution in [3.63, 3.8) is 0 Å². The van der Waals surface area contributed by atoms with Crippen LogP contribution in [0.2, 0.25) is 0 Å². The van der Waals surface area contributed by atoms with Crippen LogP contribution in [-0.2, 0) is 4.79 Å². The van der Waals surface area contributed by atoms with Crippen molar-refractivity contribution in [3.8, 4) is 17.1 Å². The van der Waals surface area contributed by atoms with Crippen molar-refractivity contribution in [2.75, 3.05) is 11.1 Å². The molecule has 0 bridgehead atoms. The van der Waals surface area contributed by atoms with Crippen LogP contribution in [0.4, 0.5) is 5.69 Å². The zero-order valence-corrected chi connectivity index (χ0v) is 15.7. The van der Waals surface area contributed by atoms with E-state index in [4.69, 9.17) is 0 Å². The van der Waals surface area contributed by atoms with Gasteiger partial charge >= 0.3 is 0 Å². The Hall–Kier alpha value is -2.32. The molecule has 128 valence electrons. The van der Waals surface area contributed by atoms with E-state index in [9.17, 15) is 9.90 Å². The van der Waals surface area contributed by atoms with E-state index in [1.165, 1.54) is 11.8 Å². The molecule has 0 aliphatic heterocycles. The van der Waals surface area contributed by atoms with Crippen LogP contribution < -0.4 is 5.32 Å². The summed E-state index contributed by atoms with van der Waals surface area (Å²) in [4.78, 5) is 16.3. The van der Waals surface area contributed by atoms with Crippen molar-refractivity contribution >= 4 is 39.3 Å². The van der Waals surface area contributed by atoms with Gasteiger partial charge in [0.15, 0.2) is 5.82 Å². The van der Waals surface area contributed by atoms with E-state index in [1.54, 1.807) is 18.2 Å². The number of halogens is 1. The number of rotatable bonds is 5. The first kappa shape index (κ1) is 17.5. The highest BCUT2D eigenvalue weighted by molar-refractivity contribution is 9.10. The molecule has 3 aromatic rings. The van der Waals surface area contributed by atoms with E-state index in [-0.39, 0.29) is 17.4 Å². The van der Waals surface area contributed by atoms with Crippen molar-refractivity contribution in [2.45, 2.75) is 12.1 Å². The lowest BCUT2D eigenvalue weighted by Crippen LogP contribution is -2.14. The Morgan fingerprint density at radius 3 is 2.96 bits per heavy atom. The standard InChI is InChI=1S/C17H15BrN4O2S/c1-10-3-2-4-12(7-10)19-15(24)9-25-17-20-16(21-22-17)13-8-11(18)5-6-14(13)23/h2-8,23H,9H2,1H3,(H,19,24)(H,20,21,22). The first-order valence-corrected chi connectivity index (χ1v) is 9.20. The van der Waals surface area contributed by atoms with E-state index in [2.05, 4.69) is 36.4 Å². The molecule has 3 N–H and O–H groups in total. The molecule has 6 nitrogen and oxygen atoms in total. The second-order valence-electron chi connectivity index (χ2n) is 5.33. The van der Waals surface area contributed by atoms with Crippen LogP contribution in [0.25, 0.3) is 11.4 Å². The minimum atomic E-state index is -0.132. The van der Waals surface area contributed by atoms with Gasteiger partial charge < -0.3 is 10.4 Å². The summed E-state index contributed by atoms with van der Waals surface area (Å²) < 4.78 is 0.823. The number of H-pyrrole nitrogens is 1. The fourth-order valence-corrected chi connectivity index (χ4v) is 3.14. The highest BCUT2D eigenvalue weighted by atomic mass is 79.9. The maximum Gasteiger partial charge on any atom is 0.234 e. The molecule has 25 heavy (non-hydrogen) atoms. The molecular formula is C17H15BrN4O2S. The molecule has 0 aliphatic rings. The summed E-state index contributed by atoms with van der Waals surface area (Å²) in [5, 5.41) is 20.1. The second kappa shape index (κ2) is 7.71. The number of nitrogens with zero attached hydrogens (tertiary/aromatic N) is 2. The van der Waals surface area contributed by atoms with E-state index < -0.39 is 0 Å². The number of amides is 1. The van der Waals surface area contributed by atoms with Gasteiger partial charge in [-0.2, -0.15) is 0 Å². The molecule has 0 spiro atoms. The van der Waals surface area contributed by atoms with Gasteiger partial charge in [0.25, 0.3) is 0 Å². The maximum atomic E-state index is 12.0. The van der Waals surface area contributed by atoms with E-state index >= 15 is 0 Å². The van der Waals surface area contributed by atoms with Crippen molar-refractivity contribution in [1.29, 1.82) is 0 Å². The van der Waals surface area contributed by atoms with Gasteiger partial charge in [0.1, 0.15) is 5.75 Å². The largest absolute Gasteiger partial charge is 0.507 e. The first-order valence-electron chi connectivity index (χ1n) is 7.42. The monoisotopic (exact) mass is 418 g/mol. The van der Waals surface area contributed by atoms with Crippen LogP contribution in [0, 0.1) is 6.92 Å². The number of anilines is 1. The number of carbonyl (C=O) groups excluding carboxylic acids is 1. The van der Waals surface area contributed by atoms with Gasteiger partial charge in [0.05, 0.1) is 11.3 Å². The first-order chi connectivity index (χ1) is 12.0. The average Bonchev–Trinajstić information content (AvgIpc) is 3.04. The third-order valence-electron chi connectivity index (χ3n) is 3.31. The van der Waals surface area contributed by atoms with Crippen LogP contribution in [0.3, 0.4) is 0 Å². The van der Waals surface area contributed by atoms with Crippen molar-refractivity contribution in [2.24, 2.45) is 0 Å². The number of hydrogen-bond donors (Lipinski definition) is 3. The highest BCUT2D eigenvalue weighted by Crippen LogP contribution is 2.30. The van der Waals surface area contributed by atoms with Crippen LogP contribution in [-0.4, -0.2) is 31.9 Å². The molecule has 0 unspecified atom stereocenters. The predicted octanol–water partition coefficient (Wildman–Crippen LogP) is 3.98. The zero-order valence-electron chi connectivity index (χ0n) is 13.3. The SMILES string of the molecule is Cc1cccc(NC(=O)CSc2n[nH]c(-c3cc(Br)ccc3O)n2)c1. The summed E-state index contributed by atoms with van der Waals surface area (Å²) in [6.07, 6.45) is 0. The number of nitrogens with one attached hydrogen (secondary N) is 2. The molecule has 1 aromatic heterocycles. The number of phenolic OH excluding ortho intramolecular Hbond substituents is 1. The molecule has 0 radical (unpaired) electrons. The van der Waals surface area contributed by atoms with Gasteiger partial charge in [-0.1, -0.05) is 39.8 Å². The van der Waals surface area contributed by atoms with Gasteiger partial charge in [-0.15, -0.1) is 5.10 Å². The summed E-state index contributed by atoms with van der Waals surface area (Å²) >= 11 is 4.57. The Morgan fingerprint density at radius 2 is 2.16 bits per heavy atom. The van der Waals surface area contributed by atoms with Crippen LogP contribution in [0.5, 0.6) is 5.75 Å². The molecule has 8 heteroatoms. The molecule has 0 atom stereocenters. The Labute approximate surface area is 157 Å². The van der Waals surface area contributed by atoms with Gasteiger partial charge in [0.2, 0.25) is 11.1 Å². The van der Waals surface area contributed by atoms with E-state index in [0.29, 0.717) is 16.5 Å². The molecule has 1 heterocycles. The summed E-state index contributed by atoms with van der Waals surface area (Å²) in [6.45, 7) is 1.97. The Morgan fingerprint density at radius 1 is 1.32 bits per heavy atom. The van der Waals surface area contributed by atoms with Crippen molar-refractivity contribution in [3.05, 3.63) is 52.5 Å². The fourth-order valence-electron chi connectivity index (χ4n) is 2.18.